The Balaban J connectivity index is 1.63. The molecule has 0 fully saturated rings. The topological polar surface area (TPSA) is 125 Å². The molecular formula is C37H49N3O7S. The van der Waals surface area contributed by atoms with Crippen molar-refractivity contribution in [2.24, 2.45) is 5.92 Å². The zero-order valence-electron chi connectivity index (χ0n) is 28.6. The van der Waals surface area contributed by atoms with Crippen molar-refractivity contribution < 1.29 is 32.6 Å². The summed E-state index contributed by atoms with van der Waals surface area (Å²) >= 11 is 0. The van der Waals surface area contributed by atoms with Crippen molar-refractivity contribution in [1.82, 2.24) is 9.80 Å². The third-order valence-electron chi connectivity index (χ3n) is 8.71. The van der Waals surface area contributed by atoms with Crippen LogP contribution in [0.2, 0.25) is 0 Å². The molecule has 4 atom stereocenters. The Morgan fingerprint density at radius 2 is 1.77 bits per heavy atom. The van der Waals surface area contributed by atoms with Gasteiger partial charge < -0.3 is 24.4 Å². The Morgan fingerprint density at radius 3 is 2.46 bits per heavy atom. The number of amides is 2. The maximum Gasteiger partial charge on any atom is 0.261 e. The van der Waals surface area contributed by atoms with Crippen LogP contribution in [-0.4, -0.2) is 86.7 Å². The first-order valence-corrected chi connectivity index (χ1v) is 18.1. The first-order chi connectivity index (χ1) is 22.9. The molecule has 260 valence electrons. The third kappa shape index (κ3) is 10.0. The number of nitrogens with one attached hydrogen (secondary N) is 1. The molecule has 0 aromatic heterocycles. The van der Waals surface area contributed by atoms with Gasteiger partial charge in [-0.3, -0.25) is 14.3 Å². The molecule has 0 saturated heterocycles. The van der Waals surface area contributed by atoms with Crippen LogP contribution in [0, 0.1) is 12.8 Å². The molecule has 0 unspecified atom stereocenters. The number of aryl methyl sites for hydroxylation is 1. The second-order valence-electron chi connectivity index (χ2n) is 12.9. The standard InChI is InChI=1S/C37H49N3O7S/c1-26-14-17-32(18-15-26)48(44,45)38-31-16-19-34-33(22-31)37(43)40(28(3)25-41)23-27(2)35(46-20-10-9-11-29(4)47-34)24-39(5)36(42)21-30-12-7-6-8-13-30/h6-8,12-19,22,27-29,35,38,41H,9-11,20-21,23-25H2,1-5H3/t27-,28-,29+,35+/m0/s1. The van der Waals surface area contributed by atoms with E-state index in [0.717, 1.165) is 24.0 Å². The summed E-state index contributed by atoms with van der Waals surface area (Å²) < 4.78 is 41.7. The Labute approximate surface area is 285 Å². The van der Waals surface area contributed by atoms with Crippen LogP contribution in [0.1, 0.15) is 61.5 Å². The summed E-state index contributed by atoms with van der Waals surface area (Å²) in [5, 5.41) is 10.2. The van der Waals surface area contributed by atoms with E-state index in [0.29, 0.717) is 25.3 Å². The van der Waals surface area contributed by atoms with Crippen molar-refractivity contribution in [2.45, 2.75) is 76.5 Å². The van der Waals surface area contributed by atoms with Gasteiger partial charge in [-0.1, -0.05) is 55.0 Å². The number of aliphatic hydroxyl groups is 1. The third-order valence-corrected chi connectivity index (χ3v) is 10.1. The van der Waals surface area contributed by atoms with Crippen LogP contribution in [0.25, 0.3) is 0 Å². The maximum absolute atomic E-state index is 14.4. The van der Waals surface area contributed by atoms with E-state index >= 15 is 0 Å². The van der Waals surface area contributed by atoms with Crippen molar-refractivity contribution in [2.75, 3.05) is 38.1 Å². The highest BCUT2D eigenvalue weighted by molar-refractivity contribution is 7.92. The molecular weight excluding hydrogens is 630 g/mol. The summed E-state index contributed by atoms with van der Waals surface area (Å²) in [6.07, 6.45) is 2.01. The molecule has 10 nitrogen and oxygen atoms in total. The van der Waals surface area contributed by atoms with E-state index in [1.165, 1.54) is 18.2 Å². The van der Waals surface area contributed by atoms with Gasteiger partial charge in [-0.2, -0.15) is 0 Å². The molecule has 2 amide bonds. The zero-order chi connectivity index (χ0) is 34.8. The smallest absolute Gasteiger partial charge is 0.261 e. The molecule has 3 aromatic carbocycles. The van der Waals surface area contributed by atoms with E-state index in [2.05, 4.69) is 4.72 Å². The first kappa shape index (κ1) is 36.9. The molecule has 0 bridgehead atoms. The van der Waals surface area contributed by atoms with Crippen molar-refractivity contribution in [3.8, 4) is 5.75 Å². The summed E-state index contributed by atoms with van der Waals surface area (Å²) in [5.41, 5.74) is 2.26. The summed E-state index contributed by atoms with van der Waals surface area (Å²) in [6.45, 7) is 8.31. The number of nitrogens with zero attached hydrogens (tertiary/aromatic N) is 2. The zero-order valence-corrected chi connectivity index (χ0v) is 29.4. The van der Waals surface area contributed by atoms with Crippen LogP contribution in [-0.2, 0) is 26.0 Å². The number of carbonyl (C=O) groups is 2. The van der Waals surface area contributed by atoms with Gasteiger partial charge in [0.2, 0.25) is 5.91 Å². The van der Waals surface area contributed by atoms with Gasteiger partial charge in [0, 0.05) is 38.3 Å². The SMILES string of the molecule is Cc1ccc(S(=O)(=O)Nc2ccc3c(c2)C(=O)N([C@@H](C)CO)C[C@H](C)[C@@H](CN(C)C(=O)Cc2ccccc2)OCCCC[C@@H](C)O3)cc1. The Bertz CT molecular complexity index is 1620. The molecule has 1 aliphatic heterocycles. The van der Waals surface area contributed by atoms with Crippen LogP contribution in [0.3, 0.4) is 0 Å². The van der Waals surface area contributed by atoms with Gasteiger partial charge in [0.05, 0.1) is 41.7 Å². The maximum atomic E-state index is 14.4. The van der Waals surface area contributed by atoms with Gasteiger partial charge in [0.25, 0.3) is 15.9 Å². The highest BCUT2D eigenvalue weighted by atomic mass is 32.2. The minimum Gasteiger partial charge on any atom is -0.490 e. The van der Waals surface area contributed by atoms with Crippen LogP contribution in [0.5, 0.6) is 5.75 Å². The lowest BCUT2D eigenvalue weighted by Gasteiger charge is -2.36. The van der Waals surface area contributed by atoms with E-state index in [1.54, 1.807) is 48.0 Å². The number of ether oxygens (including phenoxy) is 2. The quantitative estimate of drug-likeness (QED) is 0.315. The van der Waals surface area contributed by atoms with Gasteiger partial charge >= 0.3 is 0 Å². The van der Waals surface area contributed by atoms with Gasteiger partial charge in [-0.15, -0.1) is 0 Å². The number of sulfonamides is 1. The molecule has 0 spiro atoms. The minimum atomic E-state index is -3.93. The number of rotatable bonds is 9. The number of carbonyl (C=O) groups excluding carboxylic acids is 2. The minimum absolute atomic E-state index is 0.0337. The number of hydrogen-bond donors (Lipinski definition) is 2. The van der Waals surface area contributed by atoms with E-state index in [9.17, 15) is 23.1 Å². The molecule has 3 aromatic rings. The summed E-state index contributed by atoms with van der Waals surface area (Å²) in [5.74, 6) is -0.325. The summed E-state index contributed by atoms with van der Waals surface area (Å²) in [4.78, 5) is 30.9. The van der Waals surface area contributed by atoms with Gasteiger partial charge in [-0.25, -0.2) is 8.42 Å². The average molecular weight is 680 g/mol. The van der Waals surface area contributed by atoms with Gasteiger partial charge in [-0.05, 0) is 75.9 Å². The van der Waals surface area contributed by atoms with E-state index in [-0.39, 0.29) is 59.8 Å². The lowest BCUT2D eigenvalue weighted by Crippen LogP contribution is -2.48. The summed E-state index contributed by atoms with van der Waals surface area (Å²) in [6, 6.07) is 20.2. The average Bonchev–Trinajstić information content (AvgIpc) is 3.06. The molecule has 2 N–H and O–H groups in total. The van der Waals surface area contributed by atoms with E-state index < -0.39 is 22.0 Å². The van der Waals surface area contributed by atoms with Crippen molar-refractivity contribution >= 4 is 27.5 Å². The predicted molar refractivity (Wildman–Crippen MR) is 187 cm³/mol. The fourth-order valence-electron chi connectivity index (χ4n) is 5.66. The lowest BCUT2D eigenvalue weighted by atomic mass is 10.0. The van der Waals surface area contributed by atoms with E-state index in [1.807, 2.05) is 51.1 Å². The molecule has 1 heterocycles. The van der Waals surface area contributed by atoms with Gasteiger partial charge in [0.1, 0.15) is 5.75 Å². The highest BCUT2D eigenvalue weighted by Crippen LogP contribution is 2.29. The summed E-state index contributed by atoms with van der Waals surface area (Å²) in [7, 11) is -2.16. The van der Waals surface area contributed by atoms with Crippen LogP contribution in [0.15, 0.2) is 77.7 Å². The number of hydrogen-bond acceptors (Lipinski definition) is 7. The molecule has 0 saturated carbocycles. The molecule has 1 aliphatic rings. The fraction of sp³-hybridized carbons (Fsp3) is 0.459. The predicted octanol–water partition coefficient (Wildman–Crippen LogP) is 5.29. The van der Waals surface area contributed by atoms with Crippen LogP contribution < -0.4 is 9.46 Å². The highest BCUT2D eigenvalue weighted by Gasteiger charge is 2.31. The number of benzene rings is 3. The molecule has 0 aliphatic carbocycles. The van der Waals surface area contributed by atoms with Crippen molar-refractivity contribution in [3.05, 3.63) is 89.5 Å². The monoisotopic (exact) mass is 679 g/mol. The largest absolute Gasteiger partial charge is 0.490 e. The second kappa shape index (κ2) is 16.9. The Hall–Kier alpha value is -3.93. The molecule has 48 heavy (non-hydrogen) atoms. The molecule has 4 rings (SSSR count). The number of aliphatic hydroxyl groups excluding tert-OH is 1. The fourth-order valence-corrected chi connectivity index (χ4v) is 6.71. The molecule has 11 heteroatoms. The van der Waals surface area contributed by atoms with Crippen LogP contribution in [0.4, 0.5) is 5.69 Å². The number of likely N-dealkylation sites (N-methyl/N-ethyl adjacent to an activating group) is 1. The van der Waals surface area contributed by atoms with Crippen molar-refractivity contribution in [1.29, 1.82) is 0 Å². The molecule has 0 radical (unpaired) electrons. The normalized spacial score (nSPS) is 20.2. The van der Waals surface area contributed by atoms with E-state index in [4.69, 9.17) is 9.47 Å². The number of anilines is 1. The van der Waals surface area contributed by atoms with Crippen molar-refractivity contribution in [3.63, 3.8) is 0 Å². The lowest BCUT2D eigenvalue weighted by molar-refractivity contribution is -0.131. The Morgan fingerprint density at radius 1 is 1.06 bits per heavy atom. The first-order valence-electron chi connectivity index (χ1n) is 16.6. The second-order valence-corrected chi connectivity index (χ2v) is 14.5. The Kier molecular flexibility index (Phi) is 13.0. The number of fused-ring (bicyclic) bond motifs is 1. The van der Waals surface area contributed by atoms with Crippen LogP contribution >= 0.6 is 0 Å². The van der Waals surface area contributed by atoms with Gasteiger partial charge in [0.15, 0.2) is 0 Å².